The van der Waals surface area contributed by atoms with Gasteiger partial charge in [0.1, 0.15) is 5.54 Å². The van der Waals surface area contributed by atoms with Gasteiger partial charge in [-0.05, 0) is 31.0 Å². The molecule has 6 rings (SSSR count). The smallest absolute Gasteiger partial charge is 0.250 e. The number of fused-ring (bicyclic) bond motifs is 4. The lowest BCUT2D eigenvalue weighted by Gasteiger charge is -2.36. The fourth-order valence-electron chi connectivity index (χ4n) is 6.35. The SMILES string of the molecule is O=C(c1ccccc1)[C@H]1[C@H](c2ccccc2)C2CCCN2C12C(=O)Nc1ccccc12. The monoisotopic (exact) mass is 408 g/mol. The Balaban J connectivity index is 1.62. The van der Waals surface area contributed by atoms with E-state index in [1.165, 1.54) is 0 Å². The second kappa shape index (κ2) is 6.89. The van der Waals surface area contributed by atoms with E-state index in [9.17, 15) is 9.59 Å². The summed E-state index contributed by atoms with van der Waals surface area (Å²) in [7, 11) is 0. The van der Waals surface area contributed by atoms with Crippen LogP contribution in [0, 0.1) is 5.92 Å². The van der Waals surface area contributed by atoms with Crippen molar-refractivity contribution in [2.45, 2.75) is 30.3 Å². The van der Waals surface area contributed by atoms with Crippen LogP contribution in [0.3, 0.4) is 0 Å². The highest BCUT2D eigenvalue weighted by molar-refractivity contribution is 6.12. The van der Waals surface area contributed by atoms with Crippen molar-refractivity contribution < 1.29 is 9.59 Å². The molecule has 1 amide bonds. The first kappa shape index (κ1) is 18.5. The topological polar surface area (TPSA) is 49.4 Å². The van der Waals surface area contributed by atoms with Gasteiger partial charge in [0.25, 0.3) is 0 Å². The molecule has 0 aromatic heterocycles. The molecule has 3 heterocycles. The first-order chi connectivity index (χ1) is 15.2. The fraction of sp³-hybridized carbons (Fsp3) is 0.259. The maximum atomic E-state index is 14.2. The van der Waals surface area contributed by atoms with Gasteiger partial charge in [-0.2, -0.15) is 0 Å². The van der Waals surface area contributed by atoms with Crippen LogP contribution in [-0.2, 0) is 10.3 Å². The maximum absolute atomic E-state index is 14.2. The Morgan fingerprint density at radius 3 is 2.35 bits per heavy atom. The summed E-state index contributed by atoms with van der Waals surface area (Å²) in [5.74, 6) is -0.524. The molecule has 0 bridgehead atoms. The number of para-hydroxylation sites is 1. The first-order valence-corrected chi connectivity index (χ1v) is 11.0. The van der Waals surface area contributed by atoms with Crippen molar-refractivity contribution in [2.75, 3.05) is 11.9 Å². The molecule has 0 radical (unpaired) electrons. The molecule has 2 saturated heterocycles. The summed E-state index contributed by atoms with van der Waals surface area (Å²) in [4.78, 5) is 30.3. The Morgan fingerprint density at radius 2 is 1.58 bits per heavy atom. The van der Waals surface area contributed by atoms with E-state index in [-0.39, 0.29) is 23.7 Å². The van der Waals surface area contributed by atoms with Gasteiger partial charge >= 0.3 is 0 Å². The standard InChI is InChI=1S/C27H24N2O2/c30-25(19-12-5-2-6-13-19)24-23(18-10-3-1-4-11-18)22-16-9-17-29(22)27(24)20-14-7-8-15-21(20)28-26(27)31/h1-8,10-15,22-24H,9,16-17H2,(H,28,31)/t22?,23-,24-,27?/m1/s1. The maximum Gasteiger partial charge on any atom is 0.250 e. The number of nitrogens with zero attached hydrogens (tertiary/aromatic N) is 1. The van der Waals surface area contributed by atoms with Crippen molar-refractivity contribution in [1.82, 2.24) is 4.90 Å². The second-order valence-electron chi connectivity index (χ2n) is 8.81. The molecule has 3 aromatic carbocycles. The number of carbonyl (C=O) groups is 2. The van der Waals surface area contributed by atoms with Gasteiger partial charge in [0.05, 0.1) is 5.92 Å². The highest BCUT2D eigenvalue weighted by Gasteiger charge is 2.69. The van der Waals surface area contributed by atoms with E-state index >= 15 is 0 Å². The highest BCUT2D eigenvalue weighted by atomic mass is 16.2. The number of Topliss-reactive ketones (excluding diaryl/α,β-unsaturated/α-hetero) is 1. The van der Waals surface area contributed by atoms with Crippen LogP contribution in [-0.4, -0.2) is 29.2 Å². The molecule has 1 N–H and O–H groups in total. The van der Waals surface area contributed by atoms with E-state index in [0.29, 0.717) is 5.56 Å². The normalized spacial score (nSPS) is 29.0. The van der Waals surface area contributed by atoms with Crippen molar-refractivity contribution in [3.05, 3.63) is 102 Å². The van der Waals surface area contributed by atoms with E-state index in [0.717, 1.165) is 36.2 Å². The molecule has 4 nitrogen and oxygen atoms in total. The van der Waals surface area contributed by atoms with Gasteiger partial charge in [0.15, 0.2) is 5.78 Å². The summed E-state index contributed by atoms with van der Waals surface area (Å²) in [6.45, 7) is 0.828. The number of amides is 1. The van der Waals surface area contributed by atoms with Gasteiger partial charge in [0.2, 0.25) is 5.91 Å². The minimum atomic E-state index is -0.967. The molecule has 3 aliphatic rings. The molecule has 1 spiro atoms. The van der Waals surface area contributed by atoms with Crippen molar-refractivity contribution in [3.63, 3.8) is 0 Å². The summed E-state index contributed by atoms with van der Waals surface area (Å²) in [5, 5.41) is 3.12. The van der Waals surface area contributed by atoms with E-state index in [4.69, 9.17) is 0 Å². The number of anilines is 1. The second-order valence-corrected chi connectivity index (χ2v) is 8.81. The molecule has 2 fully saturated rings. The lowest BCUT2D eigenvalue weighted by Crippen LogP contribution is -2.52. The van der Waals surface area contributed by atoms with Crippen LogP contribution in [0.5, 0.6) is 0 Å². The molecular formula is C27H24N2O2. The van der Waals surface area contributed by atoms with Crippen LogP contribution < -0.4 is 5.32 Å². The van der Waals surface area contributed by atoms with Crippen LogP contribution in [0.25, 0.3) is 0 Å². The number of nitrogens with one attached hydrogen (secondary N) is 1. The predicted octanol–water partition coefficient (Wildman–Crippen LogP) is 4.59. The number of rotatable bonds is 3. The summed E-state index contributed by atoms with van der Waals surface area (Å²) < 4.78 is 0. The molecule has 4 heteroatoms. The highest BCUT2D eigenvalue weighted by Crippen LogP contribution is 2.61. The average molecular weight is 409 g/mol. The number of hydrogen-bond acceptors (Lipinski definition) is 3. The van der Waals surface area contributed by atoms with Crippen molar-refractivity contribution in [1.29, 1.82) is 0 Å². The molecular weight excluding hydrogens is 384 g/mol. The molecule has 31 heavy (non-hydrogen) atoms. The zero-order chi connectivity index (χ0) is 21.0. The average Bonchev–Trinajstić information content (AvgIpc) is 3.48. The minimum absolute atomic E-state index is 0.0340. The zero-order valence-corrected chi connectivity index (χ0v) is 17.2. The Labute approximate surface area is 181 Å². The number of hydrogen-bond donors (Lipinski definition) is 1. The van der Waals surface area contributed by atoms with Crippen LogP contribution in [0.2, 0.25) is 0 Å². The molecule has 154 valence electrons. The Kier molecular flexibility index (Phi) is 4.12. The summed E-state index contributed by atoms with van der Waals surface area (Å²) >= 11 is 0. The third-order valence-corrected chi connectivity index (χ3v) is 7.43. The van der Waals surface area contributed by atoms with Crippen LogP contribution >= 0.6 is 0 Å². The summed E-state index contributed by atoms with van der Waals surface area (Å²) in [5.41, 5.74) is 2.62. The Hall–Kier alpha value is -3.24. The molecule has 3 aliphatic heterocycles. The molecule has 3 aromatic rings. The van der Waals surface area contributed by atoms with E-state index < -0.39 is 11.5 Å². The number of ketones is 1. The minimum Gasteiger partial charge on any atom is -0.324 e. The molecule has 0 saturated carbocycles. The van der Waals surface area contributed by atoms with Crippen molar-refractivity contribution >= 4 is 17.4 Å². The molecule has 4 atom stereocenters. The van der Waals surface area contributed by atoms with Crippen LogP contribution in [0.15, 0.2) is 84.9 Å². The Bertz CT molecular complexity index is 1160. The van der Waals surface area contributed by atoms with Gasteiger partial charge in [-0.15, -0.1) is 0 Å². The predicted molar refractivity (Wildman–Crippen MR) is 120 cm³/mol. The summed E-state index contributed by atoms with van der Waals surface area (Å²) in [6.07, 6.45) is 2.03. The zero-order valence-electron chi connectivity index (χ0n) is 17.2. The van der Waals surface area contributed by atoms with Gasteiger partial charge in [-0.1, -0.05) is 78.9 Å². The Morgan fingerprint density at radius 1 is 0.903 bits per heavy atom. The van der Waals surface area contributed by atoms with Crippen molar-refractivity contribution in [3.8, 4) is 0 Å². The van der Waals surface area contributed by atoms with Gasteiger partial charge < -0.3 is 5.32 Å². The third-order valence-electron chi connectivity index (χ3n) is 7.43. The largest absolute Gasteiger partial charge is 0.324 e. The number of carbonyl (C=O) groups excluding carboxylic acids is 2. The number of benzene rings is 3. The third kappa shape index (κ3) is 2.45. The van der Waals surface area contributed by atoms with E-state index in [1.807, 2.05) is 72.8 Å². The van der Waals surface area contributed by atoms with Crippen LogP contribution in [0.1, 0.15) is 40.2 Å². The fourth-order valence-corrected chi connectivity index (χ4v) is 6.35. The molecule has 0 aliphatic carbocycles. The molecule has 2 unspecified atom stereocenters. The van der Waals surface area contributed by atoms with E-state index in [2.05, 4.69) is 22.3 Å². The van der Waals surface area contributed by atoms with Crippen molar-refractivity contribution in [2.24, 2.45) is 5.92 Å². The van der Waals surface area contributed by atoms with Gasteiger partial charge in [-0.25, -0.2) is 0 Å². The lowest BCUT2D eigenvalue weighted by molar-refractivity contribution is -0.127. The van der Waals surface area contributed by atoms with Gasteiger partial charge in [0, 0.05) is 28.8 Å². The quantitative estimate of drug-likeness (QED) is 0.645. The summed E-state index contributed by atoms with van der Waals surface area (Å²) in [6, 6.07) is 27.8. The van der Waals surface area contributed by atoms with Gasteiger partial charge in [-0.3, -0.25) is 14.5 Å². The lowest BCUT2D eigenvalue weighted by atomic mass is 9.69. The first-order valence-electron chi connectivity index (χ1n) is 11.0. The van der Waals surface area contributed by atoms with E-state index in [1.54, 1.807) is 0 Å². The van der Waals surface area contributed by atoms with Crippen LogP contribution in [0.4, 0.5) is 5.69 Å².